The molecule has 2 unspecified atom stereocenters. The quantitative estimate of drug-likeness (QED) is 0.616. The van der Waals surface area contributed by atoms with Crippen LogP contribution in [0.3, 0.4) is 0 Å². The normalized spacial score (nSPS) is 44.4. The van der Waals surface area contributed by atoms with Gasteiger partial charge in [-0.15, -0.1) is 0 Å². The van der Waals surface area contributed by atoms with Gasteiger partial charge in [0, 0.05) is 17.5 Å². The van der Waals surface area contributed by atoms with Crippen LogP contribution in [0.1, 0.15) is 40.5 Å². The van der Waals surface area contributed by atoms with Crippen molar-refractivity contribution in [1.29, 1.82) is 0 Å². The van der Waals surface area contributed by atoms with Crippen molar-refractivity contribution in [1.82, 2.24) is 0 Å². The Labute approximate surface area is 98.8 Å². The molecule has 0 aromatic heterocycles. The van der Waals surface area contributed by atoms with Crippen LogP contribution in [0, 0.1) is 11.3 Å². The summed E-state index contributed by atoms with van der Waals surface area (Å²) in [4.78, 5) is 0. The van der Waals surface area contributed by atoms with Gasteiger partial charge in [0.1, 0.15) is 0 Å². The lowest BCUT2D eigenvalue weighted by Gasteiger charge is -2.55. The van der Waals surface area contributed by atoms with Gasteiger partial charge in [-0.25, -0.2) is 0 Å². The third-order valence-electron chi connectivity index (χ3n) is 4.61. The topological polar surface area (TPSA) is 52.0 Å². The molecule has 2 rings (SSSR count). The average Bonchev–Trinajstić information content (AvgIpc) is 2.14. The van der Waals surface area contributed by atoms with Crippen LogP contribution >= 0.6 is 0 Å². The monoisotopic (exact) mass is 220 g/mol. The molecule has 2 aliphatic rings. The van der Waals surface area contributed by atoms with Crippen molar-refractivity contribution in [3.05, 3.63) is 23.3 Å². The van der Waals surface area contributed by atoms with E-state index in [1.165, 1.54) is 11.1 Å². The molecule has 1 saturated carbocycles. The minimum Gasteiger partial charge on any atom is -0.327 e. The van der Waals surface area contributed by atoms with Crippen LogP contribution < -0.4 is 11.5 Å². The molecule has 0 spiro atoms. The lowest BCUT2D eigenvalue weighted by Crippen LogP contribution is -2.61. The first-order chi connectivity index (χ1) is 7.31. The first kappa shape index (κ1) is 11.9. The van der Waals surface area contributed by atoms with Crippen molar-refractivity contribution in [2.75, 3.05) is 0 Å². The second-order valence-electron chi connectivity index (χ2n) is 6.20. The second kappa shape index (κ2) is 3.44. The summed E-state index contributed by atoms with van der Waals surface area (Å²) in [7, 11) is 0. The molecule has 0 amide bonds. The van der Waals surface area contributed by atoms with Gasteiger partial charge in [-0.1, -0.05) is 31.6 Å². The molecule has 2 aliphatic carbocycles. The first-order valence-corrected chi connectivity index (χ1v) is 6.19. The highest BCUT2D eigenvalue weighted by Gasteiger charge is 2.51. The van der Waals surface area contributed by atoms with Crippen molar-refractivity contribution in [2.24, 2.45) is 22.8 Å². The summed E-state index contributed by atoms with van der Waals surface area (Å²) in [5, 5.41) is 0. The van der Waals surface area contributed by atoms with E-state index in [4.69, 9.17) is 11.5 Å². The van der Waals surface area contributed by atoms with Gasteiger partial charge < -0.3 is 11.5 Å². The number of nitrogens with two attached hydrogens (primary N) is 2. The average molecular weight is 220 g/mol. The standard InChI is InChI=1S/C14H24N2/c1-5-10-11-6-9(2)7-14(10,16)8-12(15)13(11,3)4/h5-6,11-12H,7-8,15-16H2,1-4H3/t11?,12?,14-/m0/s1. The van der Waals surface area contributed by atoms with E-state index in [1.54, 1.807) is 0 Å². The van der Waals surface area contributed by atoms with Gasteiger partial charge in [0.05, 0.1) is 0 Å². The fourth-order valence-electron chi connectivity index (χ4n) is 3.50. The van der Waals surface area contributed by atoms with Crippen LogP contribution in [0.15, 0.2) is 23.3 Å². The third-order valence-corrected chi connectivity index (χ3v) is 4.61. The molecule has 0 saturated heterocycles. The molecule has 0 aromatic carbocycles. The fourth-order valence-corrected chi connectivity index (χ4v) is 3.50. The largest absolute Gasteiger partial charge is 0.327 e. The predicted octanol–water partition coefficient (Wildman–Crippen LogP) is 2.35. The maximum atomic E-state index is 6.57. The highest BCUT2D eigenvalue weighted by Crippen LogP contribution is 2.52. The molecular formula is C14H24N2. The van der Waals surface area contributed by atoms with Gasteiger partial charge in [-0.2, -0.15) is 0 Å². The Kier molecular flexibility index (Phi) is 2.56. The lowest BCUT2D eigenvalue weighted by molar-refractivity contribution is 0.131. The fraction of sp³-hybridized carbons (Fsp3) is 0.714. The summed E-state index contributed by atoms with van der Waals surface area (Å²) >= 11 is 0. The van der Waals surface area contributed by atoms with Gasteiger partial charge in [-0.3, -0.25) is 0 Å². The molecule has 2 heteroatoms. The highest BCUT2D eigenvalue weighted by atomic mass is 14.8. The van der Waals surface area contributed by atoms with Crippen LogP contribution in [0.2, 0.25) is 0 Å². The molecule has 3 atom stereocenters. The van der Waals surface area contributed by atoms with Crippen molar-refractivity contribution in [3.63, 3.8) is 0 Å². The van der Waals surface area contributed by atoms with Crippen LogP contribution in [0.5, 0.6) is 0 Å². The van der Waals surface area contributed by atoms with E-state index < -0.39 is 0 Å². The van der Waals surface area contributed by atoms with Crippen LogP contribution in [0.25, 0.3) is 0 Å². The molecule has 16 heavy (non-hydrogen) atoms. The Morgan fingerprint density at radius 2 is 2.06 bits per heavy atom. The highest BCUT2D eigenvalue weighted by molar-refractivity contribution is 5.39. The summed E-state index contributed by atoms with van der Waals surface area (Å²) in [6.07, 6.45) is 6.45. The van der Waals surface area contributed by atoms with Crippen LogP contribution in [0.4, 0.5) is 0 Å². The van der Waals surface area contributed by atoms with E-state index in [1.807, 2.05) is 0 Å². The minimum absolute atomic E-state index is 0.117. The Hall–Kier alpha value is -0.600. The van der Waals surface area contributed by atoms with Gasteiger partial charge >= 0.3 is 0 Å². The summed E-state index contributed by atoms with van der Waals surface area (Å²) in [6, 6.07) is 0.190. The van der Waals surface area contributed by atoms with Crippen LogP contribution in [-0.2, 0) is 0 Å². The minimum atomic E-state index is -0.187. The Balaban J connectivity index is 2.56. The maximum Gasteiger partial charge on any atom is 0.0427 e. The Morgan fingerprint density at radius 1 is 1.44 bits per heavy atom. The SMILES string of the molecule is CC=C1C2C=C(C)C[C@]1(N)CC(N)C2(C)C. The molecule has 0 heterocycles. The number of rotatable bonds is 0. The first-order valence-electron chi connectivity index (χ1n) is 6.19. The molecule has 90 valence electrons. The Morgan fingerprint density at radius 3 is 2.62 bits per heavy atom. The molecule has 0 aromatic rings. The summed E-state index contributed by atoms with van der Waals surface area (Å²) in [5.74, 6) is 0.417. The number of hydrogen-bond donors (Lipinski definition) is 2. The zero-order valence-corrected chi connectivity index (χ0v) is 10.9. The van der Waals surface area contributed by atoms with Crippen molar-refractivity contribution < 1.29 is 0 Å². The molecule has 0 radical (unpaired) electrons. The summed E-state index contributed by atoms with van der Waals surface area (Å²) in [6.45, 7) is 8.82. The van der Waals surface area contributed by atoms with E-state index in [-0.39, 0.29) is 17.0 Å². The van der Waals surface area contributed by atoms with Crippen LogP contribution in [-0.4, -0.2) is 11.6 Å². The molecule has 4 N–H and O–H groups in total. The molecule has 1 fully saturated rings. The van der Waals surface area contributed by atoms with Gasteiger partial charge in [0.2, 0.25) is 0 Å². The van der Waals surface area contributed by atoms with Gasteiger partial charge in [0.15, 0.2) is 0 Å². The zero-order valence-electron chi connectivity index (χ0n) is 10.9. The van der Waals surface area contributed by atoms with E-state index in [2.05, 4.69) is 39.8 Å². The Bertz CT molecular complexity index is 365. The van der Waals surface area contributed by atoms with Crippen molar-refractivity contribution in [2.45, 2.75) is 52.1 Å². The second-order valence-corrected chi connectivity index (χ2v) is 6.20. The van der Waals surface area contributed by atoms with E-state index in [0.717, 1.165) is 12.8 Å². The van der Waals surface area contributed by atoms with Gasteiger partial charge in [0.25, 0.3) is 0 Å². The lowest BCUT2D eigenvalue weighted by atomic mass is 9.54. The van der Waals surface area contributed by atoms with E-state index in [0.29, 0.717) is 5.92 Å². The predicted molar refractivity (Wildman–Crippen MR) is 68.9 cm³/mol. The zero-order chi connectivity index (χ0) is 12.1. The molecule has 2 nitrogen and oxygen atoms in total. The third kappa shape index (κ3) is 1.47. The van der Waals surface area contributed by atoms with Gasteiger partial charge in [-0.05, 0) is 37.7 Å². The smallest absolute Gasteiger partial charge is 0.0427 e. The molecule has 2 bridgehead atoms. The number of fused-ring (bicyclic) bond motifs is 2. The van der Waals surface area contributed by atoms with E-state index in [9.17, 15) is 0 Å². The summed E-state index contributed by atoms with van der Waals surface area (Å²) in [5.41, 5.74) is 15.6. The molecule has 0 aliphatic heterocycles. The number of hydrogen-bond acceptors (Lipinski definition) is 2. The molecular weight excluding hydrogens is 196 g/mol. The van der Waals surface area contributed by atoms with E-state index >= 15 is 0 Å². The van der Waals surface area contributed by atoms with Crippen molar-refractivity contribution in [3.8, 4) is 0 Å². The number of allylic oxidation sites excluding steroid dienone is 2. The van der Waals surface area contributed by atoms with Crippen molar-refractivity contribution >= 4 is 0 Å². The maximum absolute atomic E-state index is 6.57. The summed E-state index contributed by atoms with van der Waals surface area (Å²) < 4.78 is 0.